The fourth-order valence-corrected chi connectivity index (χ4v) is 3.77. The molecular weight excluding hydrogens is 356 g/mol. The highest BCUT2D eigenvalue weighted by Crippen LogP contribution is 2.25. The number of anilines is 1. The number of amides is 1. The number of rotatable bonds is 5. The van der Waals surface area contributed by atoms with Gasteiger partial charge in [-0.1, -0.05) is 9.79 Å². The van der Waals surface area contributed by atoms with Gasteiger partial charge in [-0.15, -0.1) is 5.10 Å². The molecule has 1 N–H and O–H groups in total. The Morgan fingerprint density at radius 1 is 1.21 bits per heavy atom. The van der Waals surface area contributed by atoms with Crippen LogP contribution in [0.5, 0.6) is 0 Å². The number of fused-ring (bicyclic) bond motifs is 1. The molecule has 4 rings (SSSR count). The summed E-state index contributed by atoms with van der Waals surface area (Å²) in [7, 11) is 3.58. The summed E-state index contributed by atoms with van der Waals surface area (Å²) in [5.74, 6) is 2.30. The molecular formula is C19H27N8O+. The molecule has 0 aromatic carbocycles. The van der Waals surface area contributed by atoms with Crippen LogP contribution < -0.4 is 10.2 Å². The van der Waals surface area contributed by atoms with E-state index in [2.05, 4.69) is 20.3 Å². The molecule has 9 nitrogen and oxygen atoms in total. The molecule has 0 spiro atoms. The molecule has 0 bridgehead atoms. The van der Waals surface area contributed by atoms with Crippen LogP contribution in [0.15, 0.2) is 21.5 Å². The number of aromatic nitrogens is 3. The van der Waals surface area contributed by atoms with E-state index in [0.29, 0.717) is 17.8 Å². The van der Waals surface area contributed by atoms with Crippen LogP contribution in [0, 0.1) is 0 Å². The summed E-state index contributed by atoms with van der Waals surface area (Å²) >= 11 is 0. The molecule has 3 aliphatic rings. The molecule has 4 heterocycles. The Morgan fingerprint density at radius 2 is 1.96 bits per heavy atom. The summed E-state index contributed by atoms with van der Waals surface area (Å²) in [6.07, 6.45) is 4.37. The lowest BCUT2D eigenvalue weighted by molar-refractivity contribution is -0.481. The summed E-state index contributed by atoms with van der Waals surface area (Å²) < 4.78 is 3.66. The predicted octanol–water partition coefficient (Wildman–Crippen LogP) is 1.01. The van der Waals surface area contributed by atoms with Crippen LogP contribution in [0.25, 0.3) is 0 Å². The average Bonchev–Trinajstić information content (AvgIpc) is 3.40. The second kappa shape index (κ2) is 7.29. The van der Waals surface area contributed by atoms with E-state index >= 15 is 0 Å². The molecule has 0 unspecified atom stereocenters. The van der Waals surface area contributed by atoms with Gasteiger partial charge in [-0.25, -0.2) is 0 Å². The zero-order valence-electron chi connectivity index (χ0n) is 17.0. The van der Waals surface area contributed by atoms with Gasteiger partial charge in [0.2, 0.25) is 5.95 Å². The summed E-state index contributed by atoms with van der Waals surface area (Å²) in [5, 5.41) is 12.1. The quantitative estimate of drug-likeness (QED) is 0.769. The van der Waals surface area contributed by atoms with Crippen LogP contribution in [-0.4, -0.2) is 62.6 Å². The van der Waals surface area contributed by atoms with Gasteiger partial charge in [-0.3, -0.25) is 9.48 Å². The van der Waals surface area contributed by atoms with Crippen LogP contribution in [0.2, 0.25) is 0 Å². The number of aryl methyl sites for hydroxylation is 2. The molecule has 0 saturated carbocycles. The molecule has 1 saturated heterocycles. The highest BCUT2D eigenvalue weighted by atomic mass is 16.1. The van der Waals surface area contributed by atoms with Gasteiger partial charge in [0.1, 0.15) is 11.4 Å². The van der Waals surface area contributed by atoms with Crippen molar-refractivity contribution < 1.29 is 9.48 Å². The fraction of sp³-hybridized carbons (Fsp3) is 0.579. The molecule has 0 radical (unpaired) electrons. The monoisotopic (exact) mass is 383 g/mol. The lowest BCUT2D eigenvalue weighted by atomic mass is 10.0. The lowest BCUT2D eigenvalue weighted by Crippen LogP contribution is -2.28. The van der Waals surface area contributed by atoms with Crippen LogP contribution in [-0.2, 0) is 18.3 Å². The smallest absolute Gasteiger partial charge is 0.355 e. The number of hydrogen-bond acceptors (Lipinski definition) is 6. The van der Waals surface area contributed by atoms with Gasteiger partial charge in [0, 0.05) is 53.9 Å². The normalized spacial score (nSPS) is 19.2. The highest BCUT2D eigenvalue weighted by Gasteiger charge is 2.37. The third kappa shape index (κ3) is 3.25. The van der Waals surface area contributed by atoms with Gasteiger partial charge in [0.25, 0.3) is 5.91 Å². The first-order valence-electron chi connectivity index (χ1n) is 9.83. The Bertz CT molecular complexity index is 943. The second-order valence-electron chi connectivity index (χ2n) is 7.46. The summed E-state index contributed by atoms with van der Waals surface area (Å²) in [5.41, 5.74) is 3.48. The van der Waals surface area contributed by atoms with Gasteiger partial charge < -0.3 is 10.2 Å². The Morgan fingerprint density at radius 3 is 2.68 bits per heavy atom. The Kier molecular flexibility index (Phi) is 4.82. The van der Waals surface area contributed by atoms with Gasteiger partial charge in [-0.2, -0.15) is 4.98 Å². The van der Waals surface area contributed by atoms with E-state index in [0.717, 1.165) is 54.8 Å². The first kappa shape index (κ1) is 18.5. The van der Waals surface area contributed by atoms with Gasteiger partial charge >= 0.3 is 5.82 Å². The number of nitrogens with zero attached hydrogens (tertiary/aromatic N) is 7. The molecule has 1 amide bonds. The van der Waals surface area contributed by atoms with E-state index in [1.807, 2.05) is 25.6 Å². The number of nitrogens with one attached hydrogen (secondary N) is 1. The number of hydrazone groups is 1. The van der Waals surface area contributed by atoms with Crippen LogP contribution in [0.1, 0.15) is 45.4 Å². The number of carbonyl (C=O) groups is 1. The summed E-state index contributed by atoms with van der Waals surface area (Å²) in [6, 6.07) is 0. The van der Waals surface area contributed by atoms with E-state index in [1.54, 1.807) is 11.7 Å². The molecule has 28 heavy (non-hydrogen) atoms. The topological polar surface area (TPSA) is 90.8 Å². The molecule has 148 valence electrons. The van der Waals surface area contributed by atoms with E-state index in [9.17, 15) is 4.79 Å². The van der Waals surface area contributed by atoms with Crippen molar-refractivity contribution in [3.63, 3.8) is 0 Å². The Balaban J connectivity index is 1.53. The summed E-state index contributed by atoms with van der Waals surface area (Å²) in [6.45, 7) is 5.98. The second-order valence-corrected chi connectivity index (χ2v) is 7.46. The van der Waals surface area contributed by atoms with Crippen molar-refractivity contribution in [1.29, 1.82) is 0 Å². The van der Waals surface area contributed by atoms with Crippen LogP contribution >= 0.6 is 0 Å². The number of carbonyl (C=O) groups excluding carboxylic acids is 1. The van der Waals surface area contributed by atoms with Crippen molar-refractivity contribution in [2.75, 3.05) is 25.0 Å². The Hall–Kier alpha value is -2.84. The minimum atomic E-state index is -0.103. The van der Waals surface area contributed by atoms with Crippen molar-refractivity contribution in [3.8, 4) is 0 Å². The summed E-state index contributed by atoms with van der Waals surface area (Å²) in [4.78, 5) is 23.9. The highest BCUT2D eigenvalue weighted by molar-refractivity contribution is 6.39. The van der Waals surface area contributed by atoms with Crippen LogP contribution in [0.3, 0.4) is 0 Å². The largest absolute Gasteiger partial charge is 0.358 e. The van der Waals surface area contributed by atoms with Crippen LogP contribution in [0.4, 0.5) is 5.95 Å². The minimum absolute atomic E-state index is 0.103. The molecule has 1 aromatic heterocycles. The number of aliphatic imine (C=N–C) groups is 1. The first-order valence-corrected chi connectivity index (χ1v) is 9.83. The lowest BCUT2D eigenvalue weighted by Gasteiger charge is -2.13. The maximum atomic E-state index is 12.4. The third-order valence-corrected chi connectivity index (χ3v) is 5.58. The predicted molar refractivity (Wildman–Crippen MR) is 108 cm³/mol. The number of hydrogen-bond donors (Lipinski definition) is 1. The molecule has 1 fully saturated rings. The number of likely N-dealkylation sites (N-methyl/N-ethyl adjacent to an activating group) is 1. The van der Waals surface area contributed by atoms with Crippen molar-refractivity contribution in [2.45, 2.75) is 46.0 Å². The van der Waals surface area contributed by atoms with Crippen molar-refractivity contribution in [1.82, 2.24) is 20.1 Å². The molecule has 0 atom stereocenters. The van der Waals surface area contributed by atoms with E-state index in [-0.39, 0.29) is 5.91 Å². The maximum absolute atomic E-state index is 12.4. The average molecular weight is 383 g/mol. The molecule has 1 aromatic rings. The Labute approximate surface area is 164 Å². The van der Waals surface area contributed by atoms with Crippen molar-refractivity contribution in [2.24, 2.45) is 17.1 Å². The first-order chi connectivity index (χ1) is 13.5. The van der Waals surface area contributed by atoms with Crippen molar-refractivity contribution >= 4 is 29.0 Å². The van der Waals surface area contributed by atoms with Gasteiger partial charge in [0.05, 0.1) is 5.71 Å². The standard InChI is InChI=1S/C19H26N8O/c1-12-13(2)27-17(21-12)15(18(28)20-3)11-14(23-27)7-8-16-22-19(24-25(16)4)26-9-5-6-10-26/h5-11H2,1-4H3/p+1. The van der Waals surface area contributed by atoms with Crippen molar-refractivity contribution in [3.05, 3.63) is 17.2 Å². The molecule has 3 aliphatic heterocycles. The molecule has 9 heteroatoms. The van der Waals surface area contributed by atoms with Gasteiger partial charge in [-0.05, 0) is 24.3 Å². The zero-order valence-corrected chi connectivity index (χ0v) is 17.0. The van der Waals surface area contributed by atoms with Gasteiger partial charge in [0.15, 0.2) is 11.4 Å². The molecule has 0 aliphatic carbocycles. The SMILES string of the molecule is CNC(=O)C1=C2N=C(C)C(C)=[N+]2N=C(CCc2nc(N3CCCC3)nn2C)C1. The maximum Gasteiger partial charge on any atom is 0.358 e. The van der Waals surface area contributed by atoms with E-state index in [4.69, 9.17) is 10.1 Å². The van der Waals surface area contributed by atoms with E-state index < -0.39 is 0 Å². The minimum Gasteiger partial charge on any atom is -0.355 e. The third-order valence-electron chi connectivity index (χ3n) is 5.58. The fourth-order valence-electron chi connectivity index (χ4n) is 3.77. The van der Waals surface area contributed by atoms with E-state index in [1.165, 1.54) is 12.8 Å². The zero-order chi connectivity index (χ0) is 19.8.